The van der Waals surface area contributed by atoms with E-state index in [0.717, 1.165) is 37.4 Å². The summed E-state index contributed by atoms with van der Waals surface area (Å²) in [7, 11) is 0. The molecule has 0 radical (unpaired) electrons. The molecule has 0 amide bonds. The van der Waals surface area contributed by atoms with Crippen molar-refractivity contribution in [3.63, 3.8) is 0 Å². The summed E-state index contributed by atoms with van der Waals surface area (Å²) in [6.45, 7) is 4.51. The van der Waals surface area contributed by atoms with Gasteiger partial charge in [-0.05, 0) is 18.1 Å². The van der Waals surface area contributed by atoms with Crippen LogP contribution in [0.1, 0.15) is 18.9 Å². The van der Waals surface area contributed by atoms with Crippen LogP contribution in [0.4, 0.5) is 5.69 Å². The third-order valence-electron chi connectivity index (χ3n) is 2.07. The largest absolute Gasteiger partial charge is 0.382 e. The maximum atomic E-state index is 5.82. The molecule has 0 aliphatic rings. The lowest BCUT2D eigenvalue weighted by Crippen LogP contribution is -2.10. The molecule has 0 aliphatic carbocycles. The smallest absolute Gasteiger partial charge is 0.0639 e. The Bertz CT molecular complexity index is 278. The van der Waals surface area contributed by atoms with Crippen LogP contribution in [-0.2, 0) is 10.6 Å². The van der Waals surface area contributed by atoms with E-state index in [2.05, 4.69) is 12.2 Å². The molecular weight excluding hydrogens is 210 g/mol. The van der Waals surface area contributed by atoms with E-state index in [-0.39, 0.29) is 0 Å². The second kappa shape index (κ2) is 7.55. The van der Waals surface area contributed by atoms with Crippen molar-refractivity contribution in [1.29, 1.82) is 0 Å². The van der Waals surface area contributed by atoms with Gasteiger partial charge in [0.25, 0.3) is 0 Å². The topological polar surface area (TPSA) is 21.3 Å². The summed E-state index contributed by atoms with van der Waals surface area (Å²) in [6.07, 6.45) is 1.07. The number of alkyl halides is 1. The van der Waals surface area contributed by atoms with E-state index in [9.17, 15) is 0 Å². The Balaban J connectivity index is 2.30. The molecule has 0 saturated carbocycles. The minimum atomic E-state index is 0.541. The highest BCUT2D eigenvalue weighted by Crippen LogP contribution is 2.16. The number of ether oxygens (including phenoxy) is 1. The first-order valence-corrected chi connectivity index (χ1v) is 5.87. The van der Waals surface area contributed by atoms with E-state index in [1.54, 1.807) is 0 Å². The Morgan fingerprint density at radius 3 is 2.80 bits per heavy atom. The fourth-order valence-electron chi connectivity index (χ4n) is 1.31. The van der Waals surface area contributed by atoms with E-state index in [0.29, 0.717) is 5.88 Å². The van der Waals surface area contributed by atoms with Gasteiger partial charge in [-0.15, -0.1) is 11.6 Å². The van der Waals surface area contributed by atoms with Gasteiger partial charge in [-0.25, -0.2) is 0 Å². The molecule has 0 saturated heterocycles. The Labute approximate surface area is 96.6 Å². The zero-order valence-corrected chi connectivity index (χ0v) is 9.89. The third-order valence-corrected chi connectivity index (χ3v) is 2.36. The Kier molecular flexibility index (Phi) is 6.21. The molecule has 0 heterocycles. The zero-order valence-electron chi connectivity index (χ0n) is 9.13. The van der Waals surface area contributed by atoms with Gasteiger partial charge in [-0.1, -0.05) is 25.1 Å². The minimum Gasteiger partial charge on any atom is -0.382 e. The standard InChI is InChI=1S/C12H18ClNO/c1-2-8-15-9-7-14-12-6-4-3-5-11(12)10-13/h3-6,14H,2,7-10H2,1H3. The number of hydrogen-bond acceptors (Lipinski definition) is 2. The predicted molar refractivity (Wildman–Crippen MR) is 65.6 cm³/mol. The predicted octanol–water partition coefficient (Wildman–Crippen LogP) is 3.26. The van der Waals surface area contributed by atoms with Crippen LogP contribution < -0.4 is 5.32 Å². The molecule has 2 nitrogen and oxygen atoms in total. The molecule has 0 fully saturated rings. The normalized spacial score (nSPS) is 10.3. The molecule has 0 bridgehead atoms. The zero-order chi connectivity index (χ0) is 10.9. The van der Waals surface area contributed by atoms with Crippen LogP contribution >= 0.6 is 11.6 Å². The summed E-state index contributed by atoms with van der Waals surface area (Å²) in [5, 5.41) is 3.31. The van der Waals surface area contributed by atoms with Crippen LogP contribution in [0.15, 0.2) is 24.3 Å². The van der Waals surface area contributed by atoms with Crippen molar-refractivity contribution in [2.24, 2.45) is 0 Å². The number of hydrogen-bond donors (Lipinski definition) is 1. The van der Waals surface area contributed by atoms with Gasteiger partial charge in [0.1, 0.15) is 0 Å². The van der Waals surface area contributed by atoms with Crippen molar-refractivity contribution in [2.45, 2.75) is 19.2 Å². The lowest BCUT2D eigenvalue weighted by Gasteiger charge is -2.10. The van der Waals surface area contributed by atoms with E-state index in [1.807, 2.05) is 24.3 Å². The molecule has 0 aromatic heterocycles. The average Bonchev–Trinajstić information content (AvgIpc) is 2.29. The van der Waals surface area contributed by atoms with Crippen LogP contribution in [-0.4, -0.2) is 19.8 Å². The summed E-state index contributed by atoms with van der Waals surface area (Å²) in [4.78, 5) is 0. The van der Waals surface area contributed by atoms with Gasteiger partial charge in [0.15, 0.2) is 0 Å². The average molecular weight is 228 g/mol. The summed E-state index contributed by atoms with van der Waals surface area (Å²) >= 11 is 5.82. The fraction of sp³-hybridized carbons (Fsp3) is 0.500. The van der Waals surface area contributed by atoms with Crippen LogP contribution in [0.25, 0.3) is 0 Å². The van der Waals surface area contributed by atoms with Gasteiger partial charge < -0.3 is 10.1 Å². The molecule has 1 aromatic carbocycles. The lowest BCUT2D eigenvalue weighted by atomic mass is 10.2. The van der Waals surface area contributed by atoms with E-state index < -0.39 is 0 Å². The summed E-state index contributed by atoms with van der Waals surface area (Å²) in [6, 6.07) is 8.07. The van der Waals surface area contributed by atoms with Gasteiger partial charge in [0.05, 0.1) is 6.61 Å². The van der Waals surface area contributed by atoms with Crippen LogP contribution in [0.2, 0.25) is 0 Å². The molecule has 0 atom stereocenters. The molecule has 0 aliphatic heterocycles. The summed E-state index contributed by atoms with van der Waals surface area (Å²) in [5.74, 6) is 0.541. The Hall–Kier alpha value is -0.730. The van der Waals surface area contributed by atoms with E-state index >= 15 is 0 Å². The molecule has 0 unspecified atom stereocenters. The first-order valence-electron chi connectivity index (χ1n) is 5.34. The van der Waals surface area contributed by atoms with Crippen molar-refractivity contribution in [3.8, 4) is 0 Å². The van der Waals surface area contributed by atoms with Crippen molar-refractivity contribution < 1.29 is 4.74 Å². The number of para-hydroxylation sites is 1. The quantitative estimate of drug-likeness (QED) is 0.570. The third kappa shape index (κ3) is 4.54. The monoisotopic (exact) mass is 227 g/mol. The number of halogens is 1. The Morgan fingerprint density at radius 1 is 1.27 bits per heavy atom. The SMILES string of the molecule is CCCOCCNc1ccccc1CCl. The first kappa shape index (κ1) is 12.3. The van der Waals surface area contributed by atoms with Gasteiger partial charge in [0, 0.05) is 24.7 Å². The second-order valence-corrected chi connectivity index (χ2v) is 3.60. The van der Waals surface area contributed by atoms with E-state index in [1.165, 1.54) is 0 Å². The van der Waals surface area contributed by atoms with Crippen molar-refractivity contribution in [1.82, 2.24) is 0 Å². The fourth-order valence-corrected chi connectivity index (χ4v) is 1.55. The number of rotatable bonds is 7. The highest BCUT2D eigenvalue weighted by Gasteiger charge is 1.98. The second-order valence-electron chi connectivity index (χ2n) is 3.33. The first-order chi connectivity index (χ1) is 7.38. The van der Waals surface area contributed by atoms with Crippen LogP contribution in [0.5, 0.6) is 0 Å². The highest BCUT2D eigenvalue weighted by molar-refractivity contribution is 6.17. The van der Waals surface area contributed by atoms with Gasteiger partial charge in [-0.3, -0.25) is 0 Å². The number of nitrogens with one attached hydrogen (secondary N) is 1. The number of benzene rings is 1. The maximum absolute atomic E-state index is 5.82. The minimum absolute atomic E-state index is 0.541. The van der Waals surface area contributed by atoms with Gasteiger partial charge >= 0.3 is 0 Å². The Morgan fingerprint density at radius 2 is 2.07 bits per heavy atom. The van der Waals surface area contributed by atoms with Gasteiger partial charge in [0.2, 0.25) is 0 Å². The van der Waals surface area contributed by atoms with Crippen molar-refractivity contribution >= 4 is 17.3 Å². The molecule has 84 valence electrons. The van der Waals surface area contributed by atoms with Crippen molar-refractivity contribution in [2.75, 3.05) is 25.1 Å². The summed E-state index contributed by atoms with van der Waals surface area (Å²) in [5.41, 5.74) is 2.24. The molecule has 1 N–H and O–H groups in total. The van der Waals surface area contributed by atoms with Crippen molar-refractivity contribution in [3.05, 3.63) is 29.8 Å². The molecule has 3 heteroatoms. The maximum Gasteiger partial charge on any atom is 0.0639 e. The molecule has 15 heavy (non-hydrogen) atoms. The molecule has 1 rings (SSSR count). The summed E-state index contributed by atoms with van der Waals surface area (Å²) < 4.78 is 5.38. The molecular formula is C12H18ClNO. The van der Waals surface area contributed by atoms with Crippen LogP contribution in [0.3, 0.4) is 0 Å². The van der Waals surface area contributed by atoms with Crippen LogP contribution in [0, 0.1) is 0 Å². The highest BCUT2D eigenvalue weighted by atomic mass is 35.5. The van der Waals surface area contributed by atoms with Gasteiger partial charge in [-0.2, -0.15) is 0 Å². The number of anilines is 1. The molecule has 1 aromatic rings. The molecule has 0 spiro atoms. The van der Waals surface area contributed by atoms with E-state index in [4.69, 9.17) is 16.3 Å². The lowest BCUT2D eigenvalue weighted by molar-refractivity contribution is 0.144.